The maximum atomic E-state index is 4.20. The number of nitrogens with zero attached hydrogens (tertiary/aromatic N) is 4. The van der Waals surface area contributed by atoms with Gasteiger partial charge in [-0.25, -0.2) is 0 Å². The molecule has 0 fully saturated rings. The van der Waals surface area contributed by atoms with Crippen LogP contribution in [-0.4, -0.2) is 40.9 Å². The summed E-state index contributed by atoms with van der Waals surface area (Å²) in [6.07, 6.45) is 6.87. The second-order valence-electron chi connectivity index (χ2n) is 5.02. The van der Waals surface area contributed by atoms with Gasteiger partial charge in [0.1, 0.15) is 12.7 Å². The molecule has 0 aliphatic carbocycles. The summed E-state index contributed by atoms with van der Waals surface area (Å²) >= 11 is 0. The smallest absolute Gasteiger partial charge is 0.190 e. The van der Waals surface area contributed by atoms with E-state index < -0.39 is 0 Å². The number of aliphatic imine (C=N–C) groups is 1. The summed E-state index contributed by atoms with van der Waals surface area (Å²) in [5, 5.41) is 14.2. The molecule has 0 amide bonds. The molecule has 108 valence electrons. The van der Waals surface area contributed by atoms with Gasteiger partial charge in [0, 0.05) is 26.7 Å². The van der Waals surface area contributed by atoms with Crippen molar-refractivity contribution in [3.8, 4) is 0 Å². The number of guanidine groups is 1. The lowest BCUT2D eigenvalue weighted by atomic mass is 10.1. The van der Waals surface area contributed by atoms with Crippen molar-refractivity contribution in [3.05, 3.63) is 12.7 Å². The molecule has 19 heavy (non-hydrogen) atoms. The Balaban J connectivity index is 2.03. The average molecular weight is 266 g/mol. The van der Waals surface area contributed by atoms with Crippen LogP contribution in [-0.2, 0) is 6.54 Å². The molecule has 0 atom stereocenters. The van der Waals surface area contributed by atoms with Crippen molar-refractivity contribution >= 4 is 5.96 Å². The van der Waals surface area contributed by atoms with E-state index in [0.29, 0.717) is 0 Å². The zero-order valence-corrected chi connectivity index (χ0v) is 12.3. The Kier molecular flexibility index (Phi) is 7.62. The van der Waals surface area contributed by atoms with Crippen LogP contribution in [0.5, 0.6) is 0 Å². The van der Waals surface area contributed by atoms with Crippen molar-refractivity contribution in [2.45, 2.75) is 39.7 Å². The van der Waals surface area contributed by atoms with Crippen LogP contribution in [0.4, 0.5) is 0 Å². The molecule has 0 radical (unpaired) electrons. The quantitative estimate of drug-likeness (QED) is 0.422. The second kappa shape index (κ2) is 9.35. The van der Waals surface area contributed by atoms with Gasteiger partial charge < -0.3 is 15.2 Å². The molecule has 0 aromatic carbocycles. The third-order valence-corrected chi connectivity index (χ3v) is 2.84. The van der Waals surface area contributed by atoms with Crippen molar-refractivity contribution in [2.24, 2.45) is 10.9 Å². The topological polar surface area (TPSA) is 67.1 Å². The van der Waals surface area contributed by atoms with Crippen LogP contribution in [0.1, 0.15) is 33.1 Å². The highest BCUT2D eigenvalue weighted by atomic mass is 15.2. The molecule has 2 N–H and O–H groups in total. The standard InChI is InChI=1S/C13H26N6/c1-12(2)6-8-16-13(14-3)15-7-4-5-9-19-10-17-18-11-19/h10-12H,4-9H2,1-3H3,(H2,14,15,16). The summed E-state index contributed by atoms with van der Waals surface area (Å²) in [5.41, 5.74) is 0. The lowest BCUT2D eigenvalue weighted by Gasteiger charge is -2.12. The van der Waals surface area contributed by atoms with E-state index in [1.54, 1.807) is 12.7 Å². The van der Waals surface area contributed by atoms with Gasteiger partial charge in [0.05, 0.1) is 0 Å². The number of unbranched alkanes of at least 4 members (excludes halogenated alkanes) is 1. The molecule has 0 unspecified atom stereocenters. The van der Waals surface area contributed by atoms with Crippen LogP contribution in [0.15, 0.2) is 17.6 Å². The first kappa shape index (κ1) is 15.5. The number of hydrogen-bond donors (Lipinski definition) is 2. The van der Waals surface area contributed by atoms with E-state index in [4.69, 9.17) is 0 Å². The predicted octanol–water partition coefficient (Wildman–Crippen LogP) is 1.27. The van der Waals surface area contributed by atoms with Crippen molar-refractivity contribution in [1.29, 1.82) is 0 Å². The van der Waals surface area contributed by atoms with Crippen LogP contribution in [0, 0.1) is 5.92 Å². The molecule has 1 aromatic heterocycles. The summed E-state index contributed by atoms with van der Waals surface area (Å²) in [6.45, 7) is 7.32. The first-order chi connectivity index (χ1) is 9.22. The molecule has 1 rings (SSSR count). The van der Waals surface area contributed by atoms with Gasteiger partial charge in [0.2, 0.25) is 0 Å². The normalized spacial score (nSPS) is 11.9. The van der Waals surface area contributed by atoms with E-state index in [0.717, 1.165) is 50.8 Å². The summed E-state index contributed by atoms with van der Waals surface area (Å²) in [7, 11) is 1.81. The Morgan fingerprint density at radius 3 is 2.47 bits per heavy atom. The van der Waals surface area contributed by atoms with Crippen LogP contribution in [0.2, 0.25) is 0 Å². The molecule has 0 saturated carbocycles. The van der Waals surface area contributed by atoms with E-state index in [-0.39, 0.29) is 0 Å². The first-order valence-electron chi connectivity index (χ1n) is 6.99. The zero-order chi connectivity index (χ0) is 13.9. The summed E-state index contributed by atoms with van der Waals surface area (Å²) < 4.78 is 2.00. The number of hydrogen-bond acceptors (Lipinski definition) is 3. The highest BCUT2D eigenvalue weighted by Gasteiger charge is 1.98. The largest absolute Gasteiger partial charge is 0.356 e. The van der Waals surface area contributed by atoms with E-state index in [1.165, 1.54) is 0 Å². The summed E-state index contributed by atoms with van der Waals surface area (Å²) in [4.78, 5) is 4.20. The Morgan fingerprint density at radius 2 is 1.84 bits per heavy atom. The Labute approximate surface area is 115 Å². The minimum Gasteiger partial charge on any atom is -0.356 e. The van der Waals surface area contributed by atoms with Crippen molar-refractivity contribution < 1.29 is 0 Å². The van der Waals surface area contributed by atoms with E-state index >= 15 is 0 Å². The Bertz CT molecular complexity index is 344. The van der Waals surface area contributed by atoms with Gasteiger partial charge in [-0.05, 0) is 25.2 Å². The molecule has 1 heterocycles. The van der Waals surface area contributed by atoms with E-state index in [2.05, 4.69) is 39.7 Å². The number of nitrogens with one attached hydrogen (secondary N) is 2. The maximum Gasteiger partial charge on any atom is 0.190 e. The molecule has 0 spiro atoms. The maximum absolute atomic E-state index is 4.20. The molecule has 0 aliphatic heterocycles. The Morgan fingerprint density at radius 1 is 1.16 bits per heavy atom. The average Bonchev–Trinajstić information content (AvgIpc) is 2.89. The minimum atomic E-state index is 0.717. The van der Waals surface area contributed by atoms with E-state index in [9.17, 15) is 0 Å². The molecule has 0 bridgehead atoms. The van der Waals surface area contributed by atoms with Gasteiger partial charge in [-0.15, -0.1) is 10.2 Å². The highest BCUT2D eigenvalue weighted by molar-refractivity contribution is 5.79. The SMILES string of the molecule is CN=C(NCCCCn1cnnc1)NCCC(C)C. The molecule has 0 aliphatic rings. The van der Waals surface area contributed by atoms with Gasteiger partial charge in [0.15, 0.2) is 5.96 Å². The molecule has 1 aromatic rings. The second-order valence-corrected chi connectivity index (χ2v) is 5.02. The molecular weight excluding hydrogens is 240 g/mol. The number of rotatable bonds is 8. The number of aryl methyl sites for hydroxylation is 1. The van der Waals surface area contributed by atoms with Crippen LogP contribution >= 0.6 is 0 Å². The lowest BCUT2D eigenvalue weighted by molar-refractivity contribution is 0.569. The zero-order valence-electron chi connectivity index (χ0n) is 12.3. The van der Waals surface area contributed by atoms with Gasteiger partial charge in [-0.3, -0.25) is 4.99 Å². The van der Waals surface area contributed by atoms with Gasteiger partial charge >= 0.3 is 0 Å². The van der Waals surface area contributed by atoms with E-state index in [1.807, 2.05) is 11.6 Å². The Hall–Kier alpha value is -1.59. The molecule has 6 nitrogen and oxygen atoms in total. The highest BCUT2D eigenvalue weighted by Crippen LogP contribution is 1.96. The molecule has 6 heteroatoms. The fourth-order valence-electron chi connectivity index (χ4n) is 1.66. The third kappa shape index (κ3) is 7.43. The van der Waals surface area contributed by atoms with Crippen LogP contribution in [0.25, 0.3) is 0 Å². The van der Waals surface area contributed by atoms with Crippen LogP contribution in [0.3, 0.4) is 0 Å². The fourth-order valence-corrected chi connectivity index (χ4v) is 1.66. The third-order valence-electron chi connectivity index (χ3n) is 2.84. The van der Waals surface area contributed by atoms with Gasteiger partial charge in [-0.1, -0.05) is 13.8 Å². The summed E-state index contributed by atoms with van der Waals surface area (Å²) in [5.74, 6) is 1.61. The predicted molar refractivity (Wildman–Crippen MR) is 78.1 cm³/mol. The number of aromatic nitrogens is 3. The van der Waals surface area contributed by atoms with Crippen molar-refractivity contribution in [1.82, 2.24) is 25.4 Å². The lowest BCUT2D eigenvalue weighted by Crippen LogP contribution is -2.38. The monoisotopic (exact) mass is 266 g/mol. The molecule has 0 saturated heterocycles. The minimum absolute atomic E-state index is 0.717. The molecular formula is C13H26N6. The first-order valence-corrected chi connectivity index (χ1v) is 6.99. The van der Waals surface area contributed by atoms with Gasteiger partial charge in [0.25, 0.3) is 0 Å². The van der Waals surface area contributed by atoms with Crippen molar-refractivity contribution in [2.75, 3.05) is 20.1 Å². The fraction of sp³-hybridized carbons (Fsp3) is 0.769. The van der Waals surface area contributed by atoms with Gasteiger partial charge in [-0.2, -0.15) is 0 Å². The summed E-state index contributed by atoms with van der Waals surface area (Å²) in [6, 6.07) is 0. The van der Waals surface area contributed by atoms with Crippen LogP contribution < -0.4 is 10.6 Å². The van der Waals surface area contributed by atoms with Crippen molar-refractivity contribution in [3.63, 3.8) is 0 Å².